The fourth-order valence-electron chi connectivity index (χ4n) is 3.14. The van der Waals surface area contributed by atoms with Crippen LogP contribution < -0.4 is 16.0 Å². The van der Waals surface area contributed by atoms with Gasteiger partial charge in [-0.25, -0.2) is 4.39 Å². The second kappa shape index (κ2) is 7.56. The van der Waals surface area contributed by atoms with Crippen molar-refractivity contribution in [1.29, 1.82) is 0 Å². The Hall–Kier alpha value is -2.89. The molecule has 3 rings (SSSR count). The molecule has 0 fully saturated rings. The minimum atomic E-state index is -0.505. The maximum absolute atomic E-state index is 14.0. The minimum Gasteiger partial charge on any atom is -0.373 e. The quantitative estimate of drug-likeness (QED) is 0.772. The third kappa shape index (κ3) is 3.85. The fourth-order valence-corrected chi connectivity index (χ4v) is 3.14. The Morgan fingerprint density at radius 2 is 2.08 bits per heavy atom. The van der Waals surface area contributed by atoms with Gasteiger partial charge in [-0.15, -0.1) is 0 Å². The van der Waals surface area contributed by atoms with E-state index >= 15 is 0 Å². The summed E-state index contributed by atoms with van der Waals surface area (Å²) in [5.41, 5.74) is 3.83. The lowest BCUT2D eigenvalue weighted by Crippen LogP contribution is -2.32. The highest BCUT2D eigenvalue weighted by atomic mass is 19.1. The van der Waals surface area contributed by atoms with Crippen LogP contribution in [0.1, 0.15) is 23.1 Å². The van der Waals surface area contributed by atoms with Gasteiger partial charge < -0.3 is 16.0 Å². The predicted octanol–water partition coefficient (Wildman–Crippen LogP) is 2.79. The fraction of sp³-hybridized carbons (Fsp3) is 0.300. The highest BCUT2D eigenvalue weighted by molar-refractivity contribution is 5.98. The number of amides is 2. The molecule has 0 bridgehead atoms. The number of benzene rings is 2. The summed E-state index contributed by atoms with van der Waals surface area (Å²) in [6, 6.07) is 10.1. The van der Waals surface area contributed by atoms with Gasteiger partial charge in [-0.3, -0.25) is 9.59 Å². The first-order valence-corrected chi connectivity index (χ1v) is 8.63. The number of rotatable bonds is 5. The number of aryl methyl sites for hydroxylation is 2. The van der Waals surface area contributed by atoms with E-state index in [0.29, 0.717) is 36.2 Å². The lowest BCUT2D eigenvalue weighted by Gasteiger charge is -2.13. The van der Waals surface area contributed by atoms with Crippen molar-refractivity contribution in [2.75, 3.05) is 17.7 Å². The second-order valence-corrected chi connectivity index (χ2v) is 6.48. The van der Waals surface area contributed by atoms with Gasteiger partial charge in [0.2, 0.25) is 11.8 Å². The van der Waals surface area contributed by atoms with Crippen LogP contribution in [-0.2, 0) is 22.4 Å². The van der Waals surface area contributed by atoms with Crippen LogP contribution >= 0.6 is 0 Å². The third-order valence-corrected chi connectivity index (χ3v) is 4.62. The zero-order valence-electron chi connectivity index (χ0n) is 14.9. The number of hydrogen-bond donors (Lipinski definition) is 3. The maximum atomic E-state index is 14.0. The highest BCUT2D eigenvalue weighted by Crippen LogP contribution is 2.31. The van der Waals surface area contributed by atoms with Crippen LogP contribution in [0, 0.1) is 12.7 Å². The molecule has 2 aromatic carbocycles. The van der Waals surface area contributed by atoms with Gasteiger partial charge in [0.1, 0.15) is 11.9 Å². The van der Waals surface area contributed by atoms with Crippen LogP contribution in [0.3, 0.4) is 0 Å². The molecule has 1 heterocycles. The molecule has 0 spiro atoms. The van der Waals surface area contributed by atoms with E-state index in [1.807, 2.05) is 25.1 Å². The molecule has 6 heteroatoms. The number of fused-ring (bicyclic) bond motifs is 1. The van der Waals surface area contributed by atoms with Crippen molar-refractivity contribution >= 4 is 23.2 Å². The highest BCUT2D eigenvalue weighted by Gasteiger charge is 2.30. The first-order chi connectivity index (χ1) is 12.5. The molecular formula is C20H22FN3O2. The average Bonchev–Trinajstić information content (AvgIpc) is 3.10. The number of carbonyl (C=O) groups is 2. The number of hydrogen-bond acceptors (Lipinski definition) is 3. The van der Waals surface area contributed by atoms with Crippen molar-refractivity contribution in [2.45, 2.75) is 32.2 Å². The largest absolute Gasteiger partial charge is 0.373 e. The summed E-state index contributed by atoms with van der Waals surface area (Å²) in [6.45, 7) is 1.89. The van der Waals surface area contributed by atoms with Gasteiger partial charge in [-0.1, -0.05) is 18.2 Å². The van der Waals surface area contributed by atoms with Gasteiger partial charge in [-0.2, -0.15) is 0 Å². The van der Waals surface area contributed by atoms with Crippen LogP contribution in [0.15, 0.2) is 36.4 Å². The van der Waals surface area contributed by atoms with Crippen LogP contribution in [0.25, 0.3) is 0 Å². The van der Waals surface area contributed by atoms with Crippen LogP contribution in [0.5, 0.6) is 0 Å². The molecule has 1 aliphatic rings. The van der Waals surface area contributed by atoms with Crippen LogP contribution in [0.2, 0.25) is 0 Å². The molecule has 1 aliphatic heterocycles. The van der Waals surface area contributed by atoms with Gasteiger partial charge in [0, 0.05) is 36.8 Å². The van der Waals surface area contributed by atoms with Crippen molar-refractivity contribution in [3.8, 4) is 0 Å². The number of carbonyl (C=O) groups excluding carboxylic acids is 2. The Balaban J connectivity index is 1.65. The second-order valence-electron chi connectivity index (χ2n) is 6.48. The molecule has 3 N–H and O–H groups in total. The molecule has 2 aromatic rings. The normalized spacial score (nSPS) is 15.1. The van der Waals surface area contributed by atoms with E-state index < -0.39 is 6.04 Å². The summed E-state index contributed by atoms with van der Waals surface area (Å²) < 4.78 is 14.0. The third-order valence-electron chi connectivity index (χ3n) is 4.62. The first kappa shape index (κ1) is 17.9. The Bertz CT molecular complexity index is 820. The molecule has 0 aromatic heterocycles. The van der Waals surface area contributed by atoms with Crippen molar-refractivity contribution in [3.63, 3.8) is 0 Å². The Morgan fingerprint density at radius 1 is 1.27 bits per heavy atom. The average molecular weight is 355 g/mol. The van der Waals surface area contributed by atoms with Crippen molar-refractivity contribution < 1.29 is 14.0 Å². The molecule has 1 unspecified atom stereocenters. The Kier molecular flexibility index (Phi) is 5.21. The molecule has 1 atom stereocenters. The van der Waals surface area contributed by atoms with Gasteiger partial charge in [0.25, 0.3) is 0 Å². The molecule has 0 radical (unpaired) electrons. The van der Waals surface area contributed by atoms with Gasteiger partial charge >= 0.3 is 0 Å². The summed E-state index contributed by atoms with van der Waals surface area (Å²) in [5, 5.41) is 8.59. The van der Waals surface area contributed by atoms with E-state index in [-0.39, 0.29) is 17.6 Å². The van der Waals surface area contributed by atoms with Crippen LogP contribution in [0.4, 0.5) is 15.8 Å². The minimum absolute atomic E-state index is 0.0234. The number of halogens is 1. The summed E-state index contributed by atoms with van der Waals surface area (Å²) >= 11 is 0. The molecular weight excluding hydrogens is 333 g/mol. The SMILES string of the molecule is CNC(=O)CCc1cccc(NC(=O)C2Cc3c(F)ccc(C)c3N2)c1. The molecule has 0 saturated carbocycles. The Labute approximate surface area is 152 Å². The number of nitrogens with one attached hydrogen (secondary N) is 3. The van der Waals surface area contributed by atoms with E-state index in [9.17, 15) is 14.0 Å². The van der Waals surface area contributed by atoms with Crippen molar-refractivity contribution in [1.82, 2.24) is 5.32 Å². The van der Waals surface area contributed by atoms with E-state index in [1.54, 1.807) is 19.2 Å². The molecule has 26 heavy (non-hydrogen) atoms. The molecule has 136 valence electrons. The van der Waals surface area contributed by atoms with Gasteiger partial charge in [-0.05, 0) is 42.7 Å². The van der Waals surface area contributed by atoms with Crippen molar-refractivity contribution in [2.24, 2.45) is 0 Å². The molecule has 0 aliphatic carbocycles. The van der Waals surface area contributed by atoms with Crippen LogP contribution in [-0.4, -0.2) is 24.9 Å². The van der Waals surface area contributed by atoms with E-state index in [1.165, 1.54) is 6.07 Å². The lowest BCUT2D eigenvalue weighted by molar-refractivity contribution is -0.120. The Morgan fingerprint density at radius 3 is 2.81 bits per heavy atom. The van der Waals surface area contributed by atoms with E-state index in [0.717, 1.165) is 11.1 Å². The van der Waals surface area contributed by atoms with Gasteiger partial charge in [0.05, 0.1) is 0 Å². The van der Waals surface area contributed by atoms with Crippen molar-refractivity contribution in [3.05, 3.63) is 58.9 Å². The first-order valence-electron chi connectivity index (χ1n) is 8.63. The summed E-state index contributed by atoms with van der Waals surface area (Å²) in [5.74, 6) is -0.516. The molecule has 5 nitrogen and oxygen atoms in total. The lowest BCUT2D eigenvalue weighted by atomic mass is 10.1. The summed E-state index contributed by atoms with van der Waals surface area (Å²) in [7, 11) is 1.61. The zero-order chi connectivity index (χ0) is 18.7. The van der Waals surface area contributed by atoms with E-state index in [4.69, 9.17) is 0 Å². The smallest absolute Gasteiger partial charge is 0.247 e. The molecule has 2 amide bonds. The predicted molar refractivity (Wildman–Crippen MR) is 99.7 cm³/mol. The molecule has 0 saturated heterocycles. The standard InChI is InChI=1S/C20H22FN3O2/c1-12-6-8-16(21)15-11-17(24-19(12)15)20(26)23-14-5-3-4-13(10-14)7-9-18(25)22-2/h3-6,8,10,17,24H,7,9,11H2,1-2H3,(H,22,25)(H,23,26). The van der Waals surface area contributed by atoms with Gasteiger partial charge in [0.15, 0.2) is 0 Å². The zero-order valence-corrected chi connectivity index (χ0v) is 14.9. The summed E-state index contributed by atoms with van der Waals surface area (Å²) in [4.78, 5) is 23.9. The monoisotopic (exact) mass is 355 g/mol. The van der Waals surface area contributed by atoms with E-state index in [2.05, 4.69) is 16.0 Å². The number of anilines is 2. The summed E-state index contributed by atoms with van der Waals surface area (Å²) in [6.07, 6.45) is 1.32. The maximum Gasteiger partial charge on any atom is 0.247 e. The topological polar surface area (TPSA) is 70.2 Å².